The number of fused-ring (bicyclic) bond motifs is 1. The molecule has 0 saturated heterocycles. The first kappa shape index (κ1) is 21.0. The number of methoxy groups -OCH3 is 3. The third-order valence-corrected chi connectivity index (χ3v) is 4.48. The van der Waals surface area contributed by atoms with Crippen molar-refractivity contribution in [2.24, 2.45) is 0 Å². The summed E-state index contributed by atoms with van der Waals surface area (Å²) < 4.78 is 27.8. The fourth-order valence-electron chi connectivity index (χ4n) is 3.01. The van der Waals surface area contributed by atoms with Gasteiger partial charge >= 0.3 is 11.7 Å². The first-order valence-corrected chi connectivity index (χ1v) is 9.30. The van der Waals surface area contributed by atoms with E-state index in [0.29, 0.717) is 46.9 Å². The molecular weight excluding hydrogens is 390 g/mol. The van der Waals surface area contributed by atoms with Gasteiger partial charge in [-0.3, -0.25) is 4.57 Å². The van der Waals surface area contributed by atoms with Crippen molar-refractivity contribution in [3.8, 4) is 17.2 Å². The zero-order chi connectivity index (χ0) is 21.5. The van der Waals surface area contributed by atoms with Gasteiger partial charge in [0.15, 0.2) is 17.1 Å². The number of hydrogen-bond donors (Lipinski definition) is 0. The zero-order valence-corrected chi connectivity index (χ0v) is 17.0. The van der Waals surface area contributed by atoms with Gasteiger partial charge in [-0.25, -0.2) is 9.59 Å². The van der Waals surface area contributed by atoms with Gasteiger partial charge in [0.2, 0.25) is 0 Å². The fraction of sp³-hybridized carbons (Fsp3) is 0.273. The molecule has 8 heteroatoms. The van der Waals surface area contributed by atoms with Crippen LogP contribution in [0.4, 0.5) is 0 Å². The standard InChI is InChI=1S/C22H23NO7/c1-26-18-14-20(28-3)19(27-2)13-15(18)9-10-21(24)29-12-6-11-23-16-7-4-5-8-17(16)30-22(23)25/h4-5,7-10,13-14H,6,11-12H2,1-3H3/b10-9+. The lowest BCUT2D eigenvalue weighted by atomic mass is 10.1. The molecule has 3 aromatic rings. The molecule has 8 nitrogen and oxygen atoms in total. The summed E-state index contributed by atoms with van der Waals surface area (Å²) in [6.07, 6.45) is 3.36. The summed E-state index contributed by atoms with van der Waals surface area (Å²) in [4.78, 5) is 24.0. The van der Waals surface area contributed by atoms with Crippen molar-refractivity contribution < 1.29 is 28.2 Å². The number of nitrogens with zero attached hydrogens (tertiary/aromatic N) is 1. The molecule has 0 aliphatic rings. The molecule has 2 aromatic carbocycles. The summed E-state index contributed by atoms with van der Waals surface area (Å²) in [6, 6.07) is 10.6. The van der Waals surface area contributed by atoms with Gasteiger partial charge in [-0.1, -0.05) is 12.1 Å². The van der Waals surface area contributed by atoms with Crippen LogP contribution in [0.3, 0.4) is 0 Å². The zero-order valence-electron chi connectivity index (χ0n) is 17.0. The number of hydrogen-bond acceptors (Lipinski definition) is 7. The summed E-state index contributed by atoms with van der Waals surface area (Å²) in [5.74, 6) is 0.641. The van der Waals surface area contributed by atoms with E-state index in [4.69, 9.17) is 23.4 Å². The van der Waals surface area contributed by atoms with E-state index in [2.05, 4.69) is 0 Å². The van der Waals surface area contributed by atoms with E-state index in [0.717, 1.165) is 0 Å². The summed E-state index contributed by atoms with van der Waals surface area (Å²) in [6.45, 7) is 0.550. The Morgan fingerprint density at radius 3 is 2.47 bits per heavy atom. The predicted molar refractivity (Wildman–Crippen MR) is 111 cm³/mol. The number of aromatic nitrogens is 1. The van der Waals surface area contributed by atoms with Crippen molar-refractivity contribution in [1.29, 1.82) is 0 Å². The van der Waals surface area contributed by atoms with Crippen LogP contribution in [0.1, 0.15) is 12.0 Å². The quantitative estimate of drug-likeness (QED) is 0.302. The Labute approximate surface area is 173 Å². The highest BCUT2D eigenvalue weighted by Crippen LogP contribution is 2.35. The van der Waals surface area contributed by atoms with Crippen LogP contribution in [0.5, 0.6) is 17.2 Å². The number of esters is 1. The first-order valence-electron chi connectivity index (χ1n) is 9.30. The van der Waals surface area contributed by atoms with Crippen molar-refractivity contribution in [3.63, 3.8) is 0 Å². The van der Waals surface area contributed by atoms with Crippen molar-refractivity contribution in [2.45, 2.75) is 13.0 Å². The monoisotopic (exact) mass is 413 g/mol. The van der Waals surface area contributed by atoms with E-state index in [1.54, 1.807) is 30.3 Å². The number of carbonyl (C=O) groups excluding carboxylic acids is 1. The number of ether oxygens (including phenoxy) is 4. The Morgan fingerprint density at radius 2 is 1.73 bits per heavy atom. The van der Waals surface area contributed by atoms with Crippen molar-refractivity contribution in [3.05, 3.63) is 58.6 Å². The van der Waals surface area contributed by atoms with Gasteiger partial charge in [0.05, 0.1) is 33.5 Å². The van der Waals surface area contributed by atoms with Gasteiger partial charge < -0.3 is 23.4 Å². The third kappa shape index (κ3) is 4.65. The Morgan fingerprint density at radius 1 is 1.03 bits per heavy atom. The van der Waals surface area contributed by atoms with Crippen LogP contribution in [0.2, 0.25) is 0 Å². The maximum absolute atomic E-state index is 12.0. The van der Waals surface area contributed by atoms with Crippen LogP contribution in [0.25, 0.3) is 17.2 Å². The van der Waals surface area contributed by atoms with Gasteiger partial charge in [0.1, 0.15) is 5.75 Å². The van der Waals surface area contributed by atoms with E-state index in [1.807, 2.05) is 12.1 Å². The highest BCUT2D eigenvalue weighted by Gasteiger charge is 2.11. The molecule has 0 aliphatic carbocycles. The molecule has 158 valence electrons. The normalized spacial score (nSPS) is 11.0. The van der Waals surface area contributed by atoms with Gasteiger partial charge in [0.25, 0.3) is 0 Å². The molecule has 1 heterocycles. The Hall–Kier alpha value is -3.68. The third-order valence-electron chi connectivity index (χ3n) is 4.48. The second kappa shape index (κ2) is 9.69. The van der Waals surface area contributed by atoms with Crippen molar-refractivity contribution in [2.75, 3.05) is 27.9 Å². The minimum Gasteiger partial charge on any atom is -0.496 e. The van der Waals surface area contributed by atoms with Gasteiger partial charge in [-0.15, -0.1) is 0 Å². The fourth-order valence-corrected chi connectivity index (χ4v) is 3.01. The number of carbonyl (C=O) groups is 1. The SMILES string of the molecule is COc1cc(OC)c(OC)cc1/C=C/C(=O)OCCCn1c(=O)oc2ccccc21. The largest absolute Gasteiger partial charge is 0.496 e. The molecule has 30 heavy (non-hydrogen) atoms. The number of oxazole rings is 1. The lowest BCUT2D eigenvalue weighted by Gasteiger charge is -2.12. The number of benzene rings is 2. The van der Waals surface area contributed by atoms with Gasteiger partial charge in [-0.2, -0.15) is 0 Å². The van der Waals surface area contributed by atoms with Crippen LogP contribution >= 0.6 is 0 Å². The lowest BCUT2D eigenvalue weighted by molar-refractivity contribution is -0.137. The second-order valence-corrected chi connectivity index (χ2v) is 6.29. The molecule has 3 rings (SSSR count). The maximum Gasteiger partial charge on any atom is 0.419 e. The minimum atomic E-state index is -0.503. The maximum atomic E-state index is 12.0. The van der Waals surface area contributed by atoms with E-state index < -0.39 is 11.7 Å². The van der Waals surface area contributed by atoms with Crippen molar-refractivity contribution >= 4 is 23.1 Å². The van der Waals surface area contributed by atoms with Crippen molar-refractivity contribution in [1.82, 2.24) is 4.57 Å². The molecule has 1 aromatic heterocycles. The molecule has 0 aliphatic heterocycles. The molecule has 0 radical (unpaired) electrons. The van der Waals surface area contributed by atoms with Gasteiger partial charge in [0, 0.05) is 24.3 Å². The van der Waals surface area contributed by atoms with Crippen LogP contribution in [-0.2, 0) is 16.1 Å². The molecular formula is C22H23NO7. The number of para-hydroxylation sites is 2. The Bertz CT molecular complexity index is 1110. The summed E-state index contributed by atoms with van der Waals surface area (Å²) in [5.41, 5.74) is 1.89. The highest BCUT2D eigenvalue weighted by molar-refractivity contribution is 5.87. The Balaban J connectivity index is 1.57. The molecule has 0 fully saturated rings. The molecule has 0 atom stereocenters. The van der Waals surface area contributed by atoms with Crippen LogP contribution in [0.15, 0.2) is 51.7 Å². The highest BCUT2D eigenvalue weighted by atomic mass is 16.5. The number of aryl methyl sites for hydroxylation is 1. The van der Waals surface area contributed by atoms with E-state index in [9.17, 15) is 9.59 Å². The average molecular weight is 413 g/mol. The molecule has 0 spiro atoms. The average Bonchev–Trinajstić information content (AvgIpc) is 3.09. The summed E-state index contributed by atoms with van der Waals surface area (Å²) in [5, 5.41) is 0. The van der Waals surface area contributed by atoms with Crippen LogP contribution < -0.4 is 20.0 Å². The molecule has 0 amide bonds. The minimum absolute atomic E-state index is 0.165. The van der Waals surface area contributed by atoms with Gasteiger partial charge in [-0.05, 0) is 30.7 Å². The molecule has 0 unspecified atom stereocenters. The van der Waals surface area contributed by atoms with E-state index in [1.165, 1.54) is 32.0 Å². The second-order valence-electron chi connectivity index (χ2n) is 6.29. The summed E-state index contributed by atoms with van der Waals surface area (Å²) in [7, 11) is 4.59. The first-order chi connectivity index (χ1) is 14.6. The van der Waals surface area contributed by atoms with E-state index in [-0.39, 0.29) is 6.61 Å². The van der Waals surface area contributed by atoms with E-state index >= 15 is 0 Å². The lowest BCUT2D eigenvalue weighted by Crippen LogP contribution is -2.15. The summed E-state index contributed by atoms with van der Waals surface area (Å²) >= 11 is 0. The van der Waals surface area contributed by atoms with Crippen LogP contribution in [-0.4, -0.2) is 38.5 Å². The number of rotatable bonds is 9. The predicted octanol–water partition coefficient (Wildman–Crippen LogP) is 3.27. The van der Waals surface area contributed by atoms with Crippen LogP contribution in [0, 0.1) is 0 Å². The topological polar surface area (TPSA) is 89.1 Å². The molecule has 0 bridgehead atoms. The smallest absolute Gasteiger partial charge is 0.419 e. The molecule has 0 saturated carbocycles. The Kier molecular flexibility index (Phi) is 6.79. The molecule has 0 N–H and O–H groups in total.